The predicted octanol–water partition coefficient (Wildman–Crippen LogP) is 0.889. The first kappa shape index (κ1) is 7.04. The molecule has 0 N–H and O–H groups in total. The molecule has 1 radical (unpaired) electrons. The van der Waals surface area contributed by atoms with Crippen LogP contribution in [0.25, 0.3) is 0 Å². The van der Waals surface area contributed by atoms with Gasteiger partial charge in [-0.3, -0.25) is 9.69 Å². The molecule has 0 aliphatic carbocycles. The quantitative estimate of drug-likeness (QED) is 0.517. The first-order chi connectivity index (χ1) is 5.28. The van der Waals surface area contributed by atoms with E-state index >= 15 is 0 Å². The van der Waals surface area contributed by atoms with Crippen LogP contribution in [0, 0.1) is 0 Å². The normalized spacial score (nSPS) is 42.8. The summed E-state index contributed by atoms with van der Waals surface area (Å²) in [6.07, 6.45) is 9.43. The van der Waals surface area contributed by atoms with Gasteiger partial charge in [-0.25, -0.2) is 0 Å². The van der Waals surface area contributed by atoms with Crippen LogP contribution in [0.4, 0.5) is 0 Å². The third-order valence-electron chi connectivity index (χ3n) is 3.03. The molecule has 0 aromatic rings. The summed E-state index contributed by atoms with van der Waals surface area (Å²) < 4.78 is 0. The Kier molecular flexibility index (Phi) is 1.39. The molecule has 0 aromatic heterocycles. The summed E-state index contributed by atoms with van der Waals surface area (Å²) in [7, 11) is 2.02. The van der Waals surface area contributed by atoms with E-state index in [4.69, 9.17) is 0 Å². The van der Waals surface area contributed by atoms with E-state index in [1.165, 1.54) is 0 Å². The van der Waals surface area contributed by atoms with Gasteiger partial charge in [-0.2, -0.15) is 0 Å². The summed E-state index contributed by atoms with van der Waals surface area (Å²) in [4.78, 5) is 12.9. The van der Waals surface area contributed by atoms with Gasteiger partial charge in [0.05, 0.1) is 5.54 Å². The van der Waals surface area contributed by atoms with Crippen molar-refractivity contribution in [2.75, 3.05) is 7.05 Å². The third-order valence-corrected chi connectivity index (χ3v) is 3.03. The number of fused-ring (bicyclic) bond motifs is 2. The molecule has 0 aromatic carbocycles. The van der Waals surface area contributed by atoms with Crippen LogP contribution in [0.2, 0.25) is 0 Å². The van der Waals surface area contributed by atoms with E-state index in [1.807, 2.05) is 7.05 Å². The number of nitrogens with zero attached hydrogens (tertiary/aromatic N) is 1. The molecule has 2 heteroatoms. The third kappa shape index (κ3) is 0.791. The molecule has 0 amide bonds. The van der Waals surface area contributed by atoms with E-state index < -0.39 is 0 Å². The van der Waals surface area contributed by atoms with Crippen molar-refractivity contribution in [1.82, 2.24) is 4.90 Å². The van der Waals surface area contributed by atoms with Crippen LogP contribution in [0.1, 0.15) is 19.3 Å². The van der Waals surface area contributed by atoms with Crippen molar-refractivity contribution in [1.29, 1.82) is 0 Å². The first-order valence-corrected chi connectivity index (χ1v) is 4.07. The first-order valence-electron chi connectivity index (χ1n) is 4.07. The molecule has 2 nitrogen and oxygen atoms in total. The fourth-order valence-corrected chi connectivity index (χ4v) is 2.13. The van der Waals surface area contributed by atoms with Gasteiger partial charge in [0.15, 0.2) is 0 Å². The maximum absolute atomic E-state index is 10.7. The van der Waals surface area contributed by atoms with Gasteiger partial charge in [0.2, 0.25) is 6.29 Å². The fourth-order valence-electron chi connectivity index (χ4n) is 2.13. The lowest BCUT2D eigenvalue weighted by Crippen LogP contribution is -2.47. The molecule has 0 spiro atoms. The lowest BCUT2D eigenvalue weighted by atomic mass is 9.94. The van der Waals surface area contributed by atoms with Gasteiger partial charge in [-0.1, -0.05) is 12.2 Å². The van der Waals surface area contributed by atoms with Gasteiger partial charge in [0, 0.05) is 6.04 Å². The highest BCUT2D eigenvalue weighted by Gasteiger charge is 2.45. The summed E-state index contributed by atoms with van der Waals surface area (Å²) in [5, 5.41) is 0. The van der Waals surface area contributed by atoms with Gasteiger partial charge in [0.25, 0.3) is 0 Å². The molecule has 0 unspecified atom stereocenters. The summed E-state index contributed by atoms with van der Waals surface area (Å²) in [5.41, 5.74) is -0.264. The lowest BCUT2D eigenvalue weighted by molar-refractivity contribution is 0.204. The highest BCUT2D eigenvalue weighted by molar-refractivity contribution is 5.67. The summed E-state index contributed by atoms with van der Waals surface area (Å²) in [6.45, 7) is 0. The van der Waals surface area contributed by atoms with Crippen molar-refractivity contribution in [3.05, 3.63) is 12.2 Å². The van der Waals surface area contributed by atoms with Crippen molar-refractivity contribution in [3.8, 4) is 0 Å². The summed E-state index contributed by atoms with van der Waals surface area (Å²) >= 11 is 0. The second kappa shape index (κ2) is 2.18. The molecule has 11 heavy (non-hydrogen) atoms. The lowest BCUT2D eigenvalue weighted by Gasteiger charge is -2.34. The Labute approximate surface area is 66.9 Å². The van der Waals surface area contributed by atoms with Crippen LogP contribution >= 0.6 is 0 Å². The van der Waals surface area contributed by atoms with Crippen molar-refractivity contribution in [3.63, 3.8) is 0 Å². The van der Waals surface area contributed by atoms with Crippen molar-refractivity contribution in [2.24, 2.45) is 0 Å². The Bertz CT molecular complexity index is 212. The van der Waals surface area contributed by atoms with Gasteiger partial charge in [0.1, 0.15) is 0 Å². The van der Waals surface area contributed by atoms with Gasteiger partial charge < -0.3 is 0 Å². The molecular formula is C9H12NO. The maximum Gasteiger partial charge on any atom is 0.220 e. The molecule has 2 bridgehead atoms. The molecule has 1 saturated heterocycles. The SMILES string of the molecule is CN1[C@@H]2C=CC[C@@]1([C]=O)CC2. The van der Waals surface area contributed by atoms with Crippen LogP contribution in [-0.2, 0) is 4.79 Å². The highest BCUT2D eigenvalue weighted by Crippen LogP contribution is 2.37. The van der Waals surface area contributed by atoms with Crippen LogP contribution in [0.5, 0.6) is 0 Å². The Morgan fingerprint density at radius 1 is 1.73 bits per heavy atom. The van der Waals surface area contributed by atoms with E-state index in [9.17, 15) is 4.79 Å². The van der Waals surface area contributed by atoms with E-state index in [2.05, 4.69) is 23.3 Å². The van der Waals surface area contributed by atoms with E-state index in [-0.39, 0.29) is 5.54 Å². The molecule has 1 fully saturated rings. The van der Waals surface area contributed by atoms with Crippen molar-refractivity contribution < 1.29 is 4.79 Å². The largest absolute Gasteiger partial charge is 0.289 e. The fraction of sp³-hybridized carbons (Fsp3) is 0.667. The molecule has 2 aliphatic heterocycles. The maximum atomic E-state index is 10.7. The number of likely N-dealkylation sites (N-methyl/N-ethyl adjacent to an activating group) is 1. The zero-order valence-corrected chi connectivity index (χ0v) is 6.71. The second-order valence-electron chi connectivity index (χ2n) is 3.48. The number of rotatable bonds is 1. The zero-order chi connectivity index (χ0) is 7.90. The van der Waals surface area contributed by atoms with E-state index in [0.29, 0.717) is 6.04 Å². The van der Waals surface area contributed by atoms with Crippen LogP contribution in [0.3, 0.4) is 0 Å². The second-order valence-corrected chi connectivity index (χ2v) is 3.48. The average Bonchev–Trinajstić information content (AvgIpc) is 2.25. The van der Waals surface area contributed by atoms with Gasteiger partial charge in [-0.05, 0) is 26.3 Å². The standard InChI is InChI=1S/C9H12NO/c1-10-8-3-2-5-9(10,7-11)6-4-8/h2-3,8H,4-6H2,1H3/t8-,9+/m1/s1. The number of hydrogen-bond acceptors (Lipinski definition) is 2. The number of hydrogen-bond donors (Lipinski definition) is 0. The predicted molar refractivity (Wildman–Crippen MR) is 43.0 cm³/mol. The van der Waals surface area contributed by atoms with Crippen LogP contribution in [-0.4, -0.2) is 29.8 Å². The monoisotopic (exact) mass is 150 g/mol. The minimum Gasteiger partial charge on any atom is -0.289 e. The topological polar surface area (TPSA) is 20.3 Å². The Balaban J connectivity index is 2.35. The minimum absolute atomic E-state index is 0.264. The van der Waals surface area contributed by atoms with Crippen molar-refractivity contribution >= 4 is 6.29 Å². The van der Waals surface area contributed by atoms with E-state index in [1.54, 1.807) is 0 Å². The van der Waals surface area contributed by atoms with Gasteiger partial charge >= 0.3 is 0 Å². The van der Waals surface area contributed by atoms with Crippen molar-refractivity contribution in [2.45, 2.75) is 30.8 Å². The van der Waals surface area contributed by atoms with Gasteiger partial charge in [-0.15, -0.1) is 0 Å². The highest BCUT2D eigenvalue weighted by atomic mass is 16.1. The average molecular weight is 150 g/mol. The Morgan fingerprint density at radius 3 is 3.18 bits per heavy atom. The molecule has 2 heterocycles. The molecule has 0 saturated carbocycles. The van der Waals surface area contributed by atoms with Crippen LogP contribution < -0.4 is 0 Å². The molecule has 2 aliphatic rings. The molecular weight excluding hydrogens is 138 g/mol. The number of carbonyl (C=O) groups excluding carboxylic acids is 1. The zero-order valence-electron chi connectivity index (χ0n) is 6.71. The Hall–Kier alpha value is -0.630. The molecule has 2 rings (SSSR count). The smallest absolute Gasteiger partial charge is 0.220 e. The van der Waals surface area contributed by atoms with Crippen LogP contribution in [0.15, 0.2) is 12.2 Å². The van der Waals surface area contributed by atoms with E-state index in [0.717, 1.165) is 19.3 Å². The summed E-state index contributed by atoms with van der Waals surface area (Å²) in [6, 6.07) is 0.491. The molecule has 2 atom stereocenters. The minimum atomic E-state index is -0.264. The Morgan fingerprint density at radius 2 is 2.55 bits per heavy atom. The summed E-state index contributed by atoms with van der Waals surface area (Å²) in [5.74, 6) is 0. The molecule has 59 valence electrons.